The minimum absolute atomic E-state index is 0.455. The summed E-state index contributed by atoms with van der Waals surface area (Å²) in [5.74, 6) is 1.51. The highest BCUT2D eigenvalue weighted by atomic mass is 35.5. The molecule has 5 nitrogen and oxygen atoms in total. The Bertz CT molecular complexity index is 831. The summed E-state index contributed by atoms with van der Waals surface area (Å²) in [6.07, 6.45) is 4.72. The van der Waals surface area contributed by atoms with E-state index in [0.717, 1.165) is 18.7 Å². The molecule has 23 heavy (non-hydrogen) atoms. The molecule has 0 unspecified atom stereocenters. The van der Waals surface area contributed by atoms with Crippen molar-refractivity contribution in [3.63, 3.8) is 0 Å². The van der Waals surface area contributed by atoms with E-state index in [1.165, 1.54) is 16.5 Å². The zero-order chi connectivity index (χ0) is 16.4. The summed E-state index contributed by atoms with van der Waals surface area (Å²) in [6, 6.07) is 7.83. The van der Waals surface area contributed by atoms with Crippen molar-refractivity contribution in [2.45, 2.75) is 6.42 Å². The maximum absolute atomic E-state index is 5.93. The molecule has 2 heterocycles. The molecule has 2 aromatic heterocycles. The van der Waals surface area contributed by atoms with Crippen LogP contribution in [0.4, 0.5) is 5.95 Å². The van der Waals surface area contributed by atoms with E-state index >= 15 is 0 Å². The SMILES string of the molecule is COc1ccc2c(c1)c(CCN(C)c1nccc(Cl)n1)cn2C. The number of ether oxygens (including phenoxy) is 1. The van der Waals surface area contributed by atoms with Crippen molar-refractivity contribution < 1.29 is 4.74 Å². The molecule has 0 aliphatic heterocycles. The smallest absolute Gasteiger partial charge is 0.226 e. The van der Waals surface area contributed by atoms with Crippen molar-refractivity contribution in [2.75, 3.05) is 25.6 Å². The second kappa shape index (κ2) is 6.46. The monoisotopic (exact) mass is 330 g/mol. The van der Waals surface area contributed by atoms with Gasteiger partial charge in [-0.05, 0) is 36.2 Å². The predicted octanol–water partition coefficient (Wildman–Crippen LogP) is 3.31. The van der Waals surface area contributed by atoms with Gasteiger partial charge >= 0.3 is 0 Å². The molecular formula is C17H19ClN4O. The summed E-state index contributed by atoms with van der Waals surface area (Å²) in [5.41, 5.74) is 2.47. The van der Waals surface area contributed by atoms with Crippen LogP contribution in [-0.4, -0.2) is 35.2 Å². The summed E-state index contributed by atoms with van der Waals surface area (Å²) in [7, 11) is 5.72. The van der Waals surface area contributed by atoms with Crippen molar-refractivity contribution in [3.05, 3.63) is 47.4 Å². The van der Waals surface area contributed by atoms with E-state index in [-0.39, 0.29) is 0 Å². The Labute approximate surface area is 140 Å². The number of halogens is 1. The van der Waals surface area contributed by atoms with Crippen molar-refractivity contribution in [2.24, 2.45) is 7.05 Å². The second-order valence-electron chi connectivity index (χ2n) is 5.50. The van der Waals surface area contributed by atoms with Gasteiger partial charge in [0, 0.05) is 43.9 Å². The second-order valence-corrected chi connectivity index (χ2v) is 5.89. The third kappa shape index (κ3) is 3.24. The number of nitrogens with zero attached hydrogens (tertiary/aromatic N) is 4. The highest BCUT2D eigenvalue weighted by Crippen LogP contribution is 2.26. The van der Waals surface area contributed by atoms with Crippen molar-refractivity contribution in [1.82, 2.24) is 14.5 Å². The van der Waals surface area contributed by atoms with Crippen LogP contribution in [0.25, 0.3) is 10.9 Å². The Morgan fingerprint density at radius 1 is 1.30 bits per heavy atom. The van der Waals surface area contributed by atoms with Gasteiger partial charge in [-0.2, -0.15) is 0 Å². The average Bonchev–Trinajstić information content (AvgIpc) is 2.88. The van der Waals surface area contributed by atoms with Crippen LogP contribution in [0.15, 0.2) is 36.7 Å². The molecule has 0 saturated heterocycles. The molecule has 0 radical (unpaired) electrons. The van der Waals surface area contributed by atoms with Gasteiger partial charge in [0.25, 0.3) is 0 Å². The van der Waals surface area contributed by atoms with Crippen molar-refractivity contribution in [3.8, 4) is 5.75 Å². The summed E-state index contributed by atoms with van der Waals surface area (Å²) < 4.78 is 7.48. The number of methoxy groups -OCH3 is 1. The molecule has 0 amide bonds. The van der Waals surface area contributed by atoms with Gasteiger partial charge in [0.15, 0.2) is 0 Å². The lowest BCUT2D eigenvalue weighted by Crippen LogP contribution is -2.22. The minimum atomic E-state index is 0.455. The van der Waals surface area contributed by atoms with Crippen LogP contribution in [0.3, 0.4) is 0 Å². The lowest BCUT2D eigenvalue weighted by atomic mass is 10.1. The molecule has 0 spiro atoms. The van der Waals surface area contributed by atoms with Gasteiger partial charge in [-0.1, -0.05) is 11.6 Å². The van der Waals surface area contributed by atoms with Gasteiger partial charge in [0.05, 0.1) is 7.11 Å². The summed E-state index contributed by atoms with van der Waals surface area (Å²) in [5, 5.41) is 1.67. The first-order valence-electron chi connectivity index (χ1n) is 7.40. The lowest BCUT2D eigenvalue weighted by molar-refractivity contribution is 0.415. The van der Waals surface area contributed by atoms with Gasteiger partial charge in [-0.15, -0.1) is 0 Å². The van der Waals surface area contributed by atoms with E-state index in [1.54, 1.807) is 19.4 Å². The van der Waals surface area contributed by atoms with Crippen LogP contribution in [-0.2, 0) is 13.5 Å². The van der Waals surface area contributed by atoms with Crippen molar-refractivity contribution >= 4 is 28.5 Å². The fourth-order valence-corrected chi connectivity index (χ4v) is 2.81. The normalized spacial score (nSPS) is 11.0. The number of anilines is 1. The quantitative estimate of drug-likeness (QED) is 0.673. The lowest BCUT2D eigenvalue weighted by Gasteiger charge is -2.16. The number of aryl methyl sites for hydroxylation is 1. The maximum Gasteiger partial charge on any atom is 0.226 e. The molecule has 0 aliphatic carbocycles. The van der Waals surface area contributed by atoms with Crippen LogP contribution in [0.1, 0.15) is 5.56 Å². The fraction of sp³-hybridized carbons (Fsp3) is 0.294. The van der Waals surface area contributed by atoms with Gasteiger partial charge < -0.3 is 14.2 Å². The van der Waals surface area contributed by atoms with E-state index in [2.05, 4.69) is 39.9 Å². The summed E-state index contributed by atoms with van der Waals surface area (Å²) >= 11 is 5.93. The molecule has 6 heteroatoms. The highest BCUT2D eigenvalue weighted by molar-refractivity contribution is 6.29. The number of hydrogen-bond acceptors (Lipinski definition) is 4. The molecule has 3 aromatic rings. The molecule has 3 rings (SSSR count). The van der Waals surface area contributed by atoms with Crippen LogP contribution in [0.5, 0.6) is 5.75 Å². The van der Waals surface area contributed by atoms with Crippen LogP contribution < -0.4 is 9.64 Å². The number of likely N-dealkylation sites (N-methyl/N-ethyl adjacent to an activating group) is 1. The number of benzene rings is 1. The number of hydrogen-bond donors (Lipinski definition) is 0. The molecule has 0 saturated carbocycles. The number of aromatic nitrogens is 3. The summed E-state index contributed by atoms with van der Waals surface area (Å²) in [6.45, 7) is 0.802. The van der Waals surface area contributed by atoms with Gasteiger partial charge in [0.1, 0.15) is 10.9 Å². The first-order chi connectivity index (χ1) is 11.1. The first kappa shape index (κ1) is 15.6. The molecule has 1 aromatic carbocycles. The van der Waals surface area contributed by atoms with Crippen molar-refractivity contribution in [1.29, 1.82) is 0 Å². The first-order valence-corrected chi connectivity index (χ1v) is 7.78. The Kier molecular flexibility index (Phi) is 4.39. The molecule has 0 N–H and O–H groups in total. The van der Waals surface area contributed by atoms with E-state index in [4.69, 9.17) is 16.3 Å². The third-order valence-electron chi connectivity index (χ3n) is 3.95. The molecule has 120 valence electrons. The maximum atomic E-state index is 5.93. The number of fused-ring (bicyclic) bond motifs is 1. The van der Waals surface area contributed by atoms with E-state index in [0.29, 0.717) is 11.1 Å². The van der Waals surface area contributed by atoms with E-state index in [1.807, 2.05) is 18.0 Å². The van der Waals surface area contributed by atoms with Gasteiger partial charge in [-0.25, -0.2) is 9.97 Å². The zero-order valence-corrected chi connectivity index (χ0v) is 14.2. The molecule has 0 fully saturated rings. The Balaban J connectivity index is 1.81. The molecule has 0 bridgehead atoms. The fourth-order valence-electron chi connectivity index (χ4n) is 2.68. The van der Waals surface area contributed by atoms with E-state index in [9.17, 15) is 0 Å². The standard InChI is InChI=1S/C17H19ClN4O/c1-21(17-19-8-6-16(18)20-17)9-7-12-11-22(2)15-5-4-13(23-3)10-14(12)15/h4-6,8,10-11H,7,9H2,1-3H3. The van der Waals surface area contributed by atoms with Crippen LogP contribution in [0.2, 0.25) is 5.15 Å². The predicted molar refractivity (Wildman–Crippen MR) is 93.5 cm³/mol. The minimum Gasteiger partial charge on any atom is -0.497 e. The Hall–Kier alpha value is -2.27. The van der Waals surface area contributed by atoms with Gasteiger partial charge in [-0.3, -0.25) is 0 Å². The van der Waals surface area contributed by atoms with Gasteiger partial charge in [0.2, 0.25) is 5.95 Å². The molecular weight excluding hydrogens is 312 g/mol. The molecule has 0 aliphatic rings. The van der Waals surface area contributed by atoms with E-state index < -0.39 is 0 Å². The average molecular weight is 331 g/mol. The largest absolute Gasteiger partial charge is 0.497 e. The molecule has 0 atom stereocenters. The summed E-state index contributed by atoms with van der Waals surface area (Å²) in [4.78, 5) is 10.5. The Morgan fingerprint density at radius 2 is 2.13 bits per heavy atom. The zero-order valence-electron chi connectivity index (χ0n) is 13.5. The number of rotatable bonds is 5. The topological polar surface area (TPSA) is 43.2 Å². The van der Waals surface area contributed by atoms with Crippen LogP contribution in [0, 0.1) is 0 Å². The highest BCUT2D eigenvalue weighted by Gasteiger charge is 2.10. The van der Waals surface area contributed by atoms with Crippen LogP contribution >= 0.6 is 11.6 Å². The Morgan fingerprint density at radius 3 is 2.87 bits per heavy atom. The third-order valence-corrected chi connectivity index (χ3v) is 4.16.